The number of hydrogen-bond donors (Lipinski definition) is 0. The van der Waals surface area contributed by atoms with Crippen LogP contribution in [0.25, 0.3) is 87.6 Å². The topological polar surface area (TPSA) is 13.1 Å². The van der Waals surface area contributed by atoms with Crippen molar-refractivity contribution < 1.29 is 4.42 Å². The fourth-order valence-corrected chi connectivity index (χ4v) is 6.92. The summed E-state index contributed by atoms with van der Waals surface area (Å²) in [7, 11) is 0. The summed E-state index contributed by atoms with van der Waals surface area (Å²) in [6.07, 6.45) is 0. The lowest BCUT2D eigenvalue weighted by Crippen LogP contribution is -1.91. The molecule has 0 radical (unpaired) electrons. The third kappa shape index (κ3) is 3.72. The van der Waals surface area contributed by atoms with Gasteiger partial charge in [-0.2, -0.15) is 0 Å². The van der Waals surface area contributed by atoms with Crippen molar-refractivity contribution in [2.75, 3.05) is 0 Å². The first-order valence-electron chi connectivity index (χ1n) is 14.8. The summed E-state index contributed by atoms with van der Waals surface area (Å²) in [5.74, 6) is 0. The van der Waals surface area contributed by atoms with E-state index in [0.29, 0.717) is 0 Å². The third-order valence-electron chi connectivity index (χ3n) is 8.84. The molecule has 1 nitrogen and oxygen atoms in total. The van der Waals surface area contributed by atoms with E-state index in [1.165, 1.54) is 71.1 Å². The standard InChI is InChI=1S/C42H26O/c1-2-11-27(12-3-1)28-21-22-30-26-31(24-23-29(30)25-28)40-32-13-4-6-15-34(32)41(35-16-7-5-14-33(35)40)37-18-10-20-39-42(37)36-17-8-9-19-38(36)43-39/h1-26H. The fourth-order valence-electron chi connectivity index (χ4n) is 6.92. The van der Waals surface area contributed by atoms with Crippen LogP contribution >= 0.6 is 0 Å². The number of para-hydroxylation sites is 1. The van der Waals surface area contributed by atoms with Crippen molar-refractivity contribution in [2.45, 2.75) is 0 Å². The van der Waals surface area contributed by atoms with Gasteiger partial charge in [0, 0.05) is 10.8 Å². The van der Waals surface area contributed by atoms with Crippen LogP contribution < -0.4 is 0 Å². The number of rotatable bonds is 3. The van der Waals surface area contributed by atoms with E-state index in [1.54, 1.807) is 0 Å². The maximum absolute atomic E-state index is 6.31. The summed E-state index contributed by atoms with van der Waals surface area (Å²) in [6.45, 7) is 0. The molecule has 8 aromatic carbocycles. The molecule has 0 amide bonds. The average molecular weight is 547 g/mol. The smallest absolute Gasteiger partial charge is 0.136 e. The zero-order chi connectivity index (χ0) is 28.3. The Morgan fingerprint density at radius 1 is 0.326 bits per heavy atom. The second-order valence-electron chi connectivity index (χ2n) is 11.3. The molecule has 0 fully saturated rings. The molecule has 0 aliphatic heterocycles. The highest BCUT2D eigenvalue weighted by Gasteiger charge is 2.20. The Bertz CT molecular complexity index is 2440. The van der Waals surface area contributed by atoms with Gasteiger partial charge in [-0.15, -0.1) is 0 Å². The normalized spacial score (nSPS) is 11.7. The molecule has 1 heteroatoms. The molecule has 200 valence electrons. The van der Waals surface area contributed by atoms with Crippen LogP contribution in [0.15, 0.2) is 162 Å². The van der Waals surface area contributed by atoms with Gasteiger partial charge in [-0.1, -0.05) is 133 Å². The first-order chi connectivity index (χ1) is 21.3. The number of benzene rings is 8. The van der Waals surface area contributed by atoms with Crippen LogP contribution in [-0.2, 0) is 0 Å². The van der Waals surface area contributed by atoms with Crippen molar-refractivity contribution in [1.29, 1.82) is 0 Å². The summed E-state index contributed by atoms with van der Waals surface area (Å²) >= 11 is 0. The number of furan rings is 1. The molecule has 0 aliphatic rings. The van der Waals surface area contributed by atoms with E-state index in [1.807, 2.05) is 6.07 Å². The Labute approximate surface area is 249 Å². The highest BCUT2D eigenvalue weighted by Crippen LogP contribution is 2.47. The summed E-state index contributed by atoms with van der Waals surface area (Å²) in [5, 5.41) is 9.79. The van der Waals surface area contributed by atoms with Crippen LogP contribution in [0.2, 0.25) is 0 Å². The van der Waals surface area contributed by atoms with E-state index in [-0.39, 0.29) is 0 Å². The van der Waals surface area contributed by atoms with Crippen LogP contribution in [-0.4, -0.2) is 0 Å². The maximum atomic E-state index is 6.31. The second-order valence-corrected chi connectivity index (χ2v) is 11.3. The van der Waals surface area contributed by atoms with Crippen LogP contribution in [0.4, 0.5) is 0 Å². The molecule has 0 unspecified atom stereocenters. The Balaban J connectivity index is 1.33. The molecule has 0 N–H and O–H groups in total. The lowest BCUT2D eigenvalue weighted by molar-refractivity contribution is 0.669. The van der Waals surface area contributed by atoms with Crippen LogP contribution in [0.1, 0.15) is 0 Å². The third-order valence-corrected chi connectivity index (χ3v) is 8.84. The molecule has 0 aliphatic carbocycles. The van der Waals surface area contributed by atoms with E-state index in [9.17, 15) is 0 Å². The Kier molecular flexibility index (Phi) is 5.27. The second kappa shape index (κ2) is 9.44. The van der Waals surface area contributed by atoms with Crippen LogP contribution in [0.5, 0.6) is 0 Å². The van der Waals surface area contributed by atoms with Gasteiger partial charge in [-0.05, 0) is 90.0 Å². The maximum Gasteiger partial charge on any atom is 0.136 e. The quantitative estimate of drug-likeness (QED) is 0.201. The summed E-state index contributed by atoms with van der Waals surface area (Å²) < 4.78 is 6.31. The molecular weight excluding hydrogens is 520 g/mol. The number of fused-ring (bicyclic) bond motifs is 6. The zero-order valence-corrected chi connectivity index (χ0v) is 23.4. The monoisotopic (exact) mass is 546 g/mol. The van der Waals surface area contributed by atoms with Gasteiger partial charge >= 0.3 is 0 Å². The van der Waals surface area contributed by atoms with Crippen LogP contribution in [0.3, 0.4) is 0 Å². The minimum absolute atomic E-state index is 0.917. The molecule has 1 aromatic heterocycles. The predicted octanol–water partition coefficient (Wildman–Crippen LogP) is 12.0. The van der Waals surface area contributed by atoms with E-state index in [4.69, 9.17) is 4.42 Å². The Morgan fingerprint density at radius 3 is 1.56 bits per heavy atom. The van der Waals surface area contributed by atoms with Crippen molar-refractivity contribution >= 4 is 54.3 Å². The summed E-state index contributed by atoms with van der Waals surface area (Å²) in [6, 6.07) is 56.8. The van der Waals surface area contributed by atoms with E-state index in [2.05, 4.69) is 152 Å². The van der Waals surface area contributed by atoms with Gasteiger partial charge in [0.15, 0.2) is 0 Å². The highest BCUT2D eigenvalue weighted by molar-refractivity contribution is 6.25. The predicted molar refractivity (Wildman–Crippen MR) is 183 cm³/mol. The van der Waals surface area contributed by atoms with E-state index < -0.39 is 0 Å². The molecule has 0 saturated carbocycles. The average Bonchev–Trinajstić information content (AvgIpc) is 3.46. The van der Waals surface area contributed by atoms with Crippen molar-refractivity contribution in [2.24, 2.45) is 0 Å². The molecule has 0 atom stereocenters. The lowest BCUT2D eigenvalue weighted by atomic mass is 9.84. The Hall–Kier alpha value is -5.66. The van der Waals surface area contributed by atoms with Gasteiger partial charge in [0.2, 0.25) is 0 Å². The fraction of sp³-hybridized carbons (Fsp3) is 0. The van der Waals surface area contributed by atoms with E-state index >= 15 is 0 Å². The molecule has 43 heavy (non-hydrogen) atoms. The van der Waals surface area contributed by atoms with Gasteiger partial charge in [0.1, 0.15) is 11.2 Å². The molecule has 1 heterocycles. The summed E-state index contributed by atoms with van der Waals surface area (Å²) in [4.78, 5) is 0. The van der Waals surface area contributed by atoms with Gasteiger partial charge in [0.25, 0.3) is 0 Å². The minimum Gasteiger partial charge on any atom is -0.456 e. The van der Waals surface area contributed by atoms with Gasteiger partial charge < -0.3 is 4.42 Å². The first kappa shape index (κ1) is 24.0. The van der Waals surface area contributed by atoms with Gasteiger partial charge in [-0.3, -0.25) is 0 Å². The molecule has 0 spiro atoms. The highest BCUT2D eigenvalue weighted by atomic mass is 16.3. The van der Waals surface area contributed by atoms with Crippen molar-refractivity contribution in [3.63, 3.8) is 0 Å². The zero-order valence-electron chi connectivity index (χ0n) is 23.4. The van der Waals surface area contributed by atoms with Crippen molar-refractivity contribution in [1.82, 2.24) is 0 Å². The molecular formula is C42H26O. The lowest BCUT2D eigenvalue weighted by Gasteiger charge is -2.18. The summed E-state index contributed by atoms with van der Waals surface area (Å²) in [5.41, 5.74) is 9.26. The molecule has 9 aromatic rings. The Morgan fingerprint density at radius 2 is 0.860 bits per heavy atom. The van der Waals surface area contributed by atoms with Gasteiger partial charge in [-0.25, -0.2) is 0 Å². The van der Waals surface area contributed by atoms with Crippen molar-refractivity contribution in [3.8, 4) is 33.4 Å². The number of hydrogen-bond acceptors (Lipinski definition) is 1. The van der Waals surface area contributed by atoms with Gasteiger partial charge in [0.05, 0.1) is 0 Å². The SMILES string of the molecule is c1ccc(-c2ccc3cc(-c4c5ccccc5c(-c5cccc6oc7ccccc7c56)c5ccccc45)ccc3c2)cc1. The van der Waals surface area contributed by atoms with E-state index in [0.717, 1.165) is 16.6 Å². The first-order valence-corrected chi connectivity index (χ1v) is 14.8. The molecule has 0 saturated heterocycles. The van der Waals surface area contributed by atoms with Crippen LogP contribution in [0, 0.1) is 0 Å². The molecule has 9 rings (SSSR count). The molecule has 0 bridgehead atoms. The largest absolute Gasteiger partial charge is 0.456 e. The van der Waals surface area contributed by atoms with Crippen molar-refractivity contribution in [3.05, 3.63) is 158 Å². The minimum atomic E-state index is 0.917.